The predicted molar refractivity (Wildman–Crippen MR) is 154 cm³/mol. The van der Waals surface area contributed by atoms with Crippen LogP contribution in [0.4, 0.5) is 10.8 Å². The highest BCUT2D eigenvalue weighted by Crippen LogP contribution is 2.40. The first-order chi connectivity index (χ1) is 19.2. The van der Waals surface area contributed by atoms with Crippen LogP contribution >= 0.6 is 11.3 Å². The maximum atomic E-state index is 13.1. The molecule has 1 aliphatic rings. The SMILES string of the molecule is O=C(Nc1nc2c(OCc3ccccc3)ccc(N3CCOCC3)c2s1)c1ccc(C[n+]2ccccc2)cc1. The van der Waals surface area contributed by atoms with Gasteiger partial charge in [-0.25, -0.2) is 9.55 Å². The Labute approximate surface area is 231 Å². The minimum Gasteiger partial charge on any atom is -0.487 e. The summed E-state index contributed by atoms with van der Waals surface area (Å²) in [5.41, 5.74) is 4.63. The van der Waals surface area contributed by atoms with Crippen LogP contribution in [0.5, 0.6) is 5.75 Å². The second kappa shape index (κ2) is 11.6. The summed E-state index contributed by atoms with van der Waals surface area (Å²) in [5, 5.41) is 3.56. The fourth-order valence-corrected chi connectivity index (χ4v) is 5.63. The monoisotopic (exact) mass is 537 g/mol. The zero-order valence-electron chi connectivity index (χ0n) is 21.5. The fourth-order valence-electron chi connectivity index (χ4n) is 4.61. The van der Waals surface area contributed by atoms with Gasteiger partial charge in [-0.15, -0.1) is 0 Å². The molecule has 0 unspecified atom stereocenters. The summed E-state index contributed by atoms with van der Waals surface area (Å²) in [6.07, 6.45) is 4.05. The molecular formula is C31H29N4O3S+. The molecule has 8 heteroatoms. The quantitative estimate of drug-likeness (QED) is 0.272. The zero-order chi connectivity index (χ0) is 26.4. The van der Waals surface area contributed by atoms with E-state index in [9.17, 15) is 4.79 Å². The van der Waals surface area contributed by atoms with Crippen molar-refractivity contribution in [3.8, 4) is 5.75 Å². The van der Waals surface area contributed by atoms with E-state index in [1.807, 2.05) is 91.3 Å². The van der Waals surface area contributed by atoms with Crippen LogP contribution in [0, 0.1) is 0 Å². The molecule has 39 heavy (non-hydrogen) atoms. The molecule has 2 aromatic heterocycles. The zero-order valence-corrected chi connectivity index (χ0v) is 22.3. The van der Waals surface area contributed by atoms with E-state index in [-0.39, 0.29) is 5.91 Å². The number of rotatable bonds is 8. The van der Waals surface area contributed by atoms with Crippen molar-refractivity contribution in [1.82, 2.24) is 4.98 Å². The number of fused-ring (bicyclic) bond motifs is 1. The van der Waals surface area contributed by atoms with Crippen molar-refractivity contribution in [2.24, 2.45) is 0 Å². The van der Waals surface area contributed by atoms with Crippen LogP contribution in [0.2, 0.25) is 0 Å². The number of pyridine rings is 1. The Morgan fingerprint density at radius 1 is 0.923 bits per heavy atom. The summed E-state index contributed by atoms with van der Waals surface area (Å²) < 4.78 is 14.8. The minimum absolute atomic E-state index is 0.187. The van der Waals surface area contributed by atoms with Crippen LogP contribution in [-0.4, -0.2) is 37.2 Å². The topological polar surface area (TPSA) is 67.6 Å². The smallest absolute Gasteiger partial charge is 0.257 e. The molecule has 1 aliphatic heterocycles. The van der Waals surface area contributed by atoms with Gasteiger partial charge in [0.15, 0.2) is 24.1 Å². The summed E-state index contributed by atoms with van der Waals surface area (Å²) in [7, 11) is 0. The highest BCUT2D eigenvalue weighted by Gasteiger charge is 2.20. The van der Waals surface area contributed by atoms with Crippen molar-refractivity contribution >= 4 is 38.3 Å². The van der Waals surface area contributed by atoms with E-state index < -0.39 is 0 Å². The number of morpholine rings is 1. The van der Waals surface area contributed by atoms with Crippen LogP contribution in [0.3, 0.4) is 0 Å². The molecule has 0 radical (unpaired) electrons. The molecule has 3 heterocycles. The number of aromatic nitrogens is 2. The van der Waals surface area contributed by atoms with Crippen molar-refractivity contribution < 1.29 is 18.8 Å². The predicted octanol–water partition coefficient (Wildman–Crippen LogP) is 5.30. The third-order valence-corrected chi connectivity index (χ3v) is 7.65. The van der Waals surface area contributed by atoms with Gasteiger partial charge < -0.3 is 14.4 Å². The minimum atomic E-state index is -0.187. The van der Waals surface area contributed by atoms with Crippen LogP contribution in [-0.2, 0) is 17.9 Å². The second-order valence-corrected chi connectivity index (χ2v) is 10.4. The average molecular weight is 538 g/mol. The van der Waals surface area contributed by atoms with E-state index in [2.05, 4.69) is 20.9 Å². The number of nitrogens with one attached hydrogen (secondary N) is 1. The lowest BCUT2D eigenvalue weighted by molar-refractivity contribution is -0.688. The molecule has 0 saturated carbocycles. The van der Waals surface area contributed by atoms with Gasteiger partial charge in [0.1, 0.15) is 17.9 Å². The standard InChI is InChI=1S/C31H28N4O3S/c36-30(25-11-9-23(10-12-25)21-34-15-5-2-6-16-34)33-31-32-28-27(38-22-24-7-3-1-4-8-24)14-13-26(29(28)39-31)35-17-19-37-20-18-35/h1-16H,17-22H2/p+1. The molecule has 1 fully saturated rings. The first kappa shape index (κ1) is 25.0. The van der Waals surface area contributed by atoms with E-state index in [1.54, 1.807) is 0 Å². The van der Waals surface area contributed by atoms with Crippen molar-refractivity contribution in [2.45, 2.75) is 13.2 Å². The average Bonchev–Trinajstić information content (AvgIpc) is 3.41. The van der Waals surface area contributed by atoms with Gasteiger partial charge in [0, 0.05) is 36.3 Å². The lowest BCUT2D eigenvalue weighted by Crippen LogP contribution is -2.36. The fraction of sp³-hybridized carbons (Fsp3) is 0.194. The van der Waals surface area contributed by atoms with Gasteiger partial charge in [0.2, 0.25) is 0 Å². The van der Waals surface area contributed by atoms with Crippen LogP contribution in [0.25, 0.3) is 10.2 Å². The summed E-state index contributed by atoms with van der Waals surface area (Å²) in [6, 6.07) is 27.8. The Kier molecular flexibility index (Phi) is 7.47. The van der Waals surface area contributed by atoms with Crippen molar-refractivity contribution in [1.29, 1.82) is 0 Å². The molecule has 0 aliphatic carbocycles. The van der Waals surface area contributed by atoms with Gasteiger partial charge in [-0.05, 0) is 29.8 Å². The molecule has 1 saturated heterocycles. The first-order valence-corrected chi connectivity index (χ1v) is 13.8. The van der Waals surface area contributed by atoms with E-state index in [0.717, 1.165) is 46.7 Å². The van der Waals surface area contributed by atoms with Crippen molar-refractivity contribution in [3.63, 3.8) is 0 Å². The lowest BCUT2D eigenvalue weighted by Gasteiger charge is -2.29. The first-order valence-electron chi connectivity index (χ1n) is 13.0. The number of amides is 1. The van der Waals surface area contributed by atoms with Gasteiger partial charge in [-0.2, -0.15) is 0 Å². The summed E-state index contributed by atoms with van der Waals surface area (Å²) in [5.74, 6) is 0.512. The molecule has 196 valence electrons. The Hall–Kier alpha value is -4.27. The largest absolute Gasteiger partial charge is 0.487 e. The third kappa shape index (κ3) is 5.92. The van der Waals surface area contributed by atoms with Gasteiger partial charge in [0.25, 0.3) is 5.91 Å². The van der Waals surface area contributed by atoms with E-state index in [1.165, 1.54) is 11.3 Å². The van der Waals surface area contributed by atoms with Gasteiger partial charge in [-0.3, -0.25) is 10.1 Å². The third-order valence-electron chi connectivity index (χ3n) is 6.65. The molecule has 6 rings (SSSR count). The van der Waals surface area contributed by atoms with Crippen LogP contribution in [0.15, 0.2) is 97.3 Å². The maximum Gasteiger partial charge on any atom is 0.257 e. The summed E-state index contributed by atoms with van der Waals surface area (Å²) >= 11 is 1.47. The van der Waals surface area contributed by atoms with Gasteiger partial charge in [0.05, 0.1) is 23.6 Å². The molecule has 7 nitrogen and oxygen atoms in total. The van der Waals surface area contributed by atoms with E-state index in [4.69, 9.17) is 14.5 Å². The van der Waals surface area contributed by atoms with Crippen molar-refractivity contribution in [2.75, 3.05) is 36.5 Å². The number of carbonyl (C=O) groups excluding carboxylic acids is 1. The lowest BCUT2D eigenvalue weighted by atomic mass is 10.1. The summed E-state index contributed by atoms with van der Waals surface area (Å²) in [4.78, 5) is 20.3. The molecule has 1 N–H and O–H groups in total. The number of hydrogen-bond donors (Lipinski definition) is 1. The Bertz CT molecular complexity index is 1550. The Morgan fingerprint density at radius 3 is 2.44 bits per heavy atom. The van der Waals surface area contributed by atoms with E-state index in [0.29, 0.717) is 36.3 Å². The highest BCUT2D eigenvalue weighted by molar-refractivity contribution is 7.23. The Morgan fingerprint density at radius 2 is 1.67 bits per heavy atom. The molecule has 1 amide bonds. The maximum absolute atomic E-state index is 13.1. The summed E-state index contributed by atoms with van der Waals surface area (Å²) in [6.45, 7) is 4.19. The van der Waals surface area contributed by atoms with E-state index >= 15 is 0 Å². The molecule has 3 aromatic carbocycles. The normalized spacial score (nSPS) is 13.4. The molecule has 0 bridgehead atoms. The molecule has 0 atom stereocenters. The number of benzene rings is 3. The molecule has 0 spiro atoms. The number of carbonyl (C=O) groups is 1. The van der Waals surface area contributed by atoms with Gasteiger partial charge >= 0.3 is 0 Å². The van der Waals surface area contributed by atoms with Crippen molar-refractivity contribution in [3.05, 3.63) is 114 Å². The number of anilines is 2. The van der Waals surface area contributed by atoms with Crippen LogP contribution in [0.1, 0.15) is 21.5 Å². The highest BCUT2D eigenvalue weighted by atomic mass is 32.1. The number of thiazole rings is 1. The van der Waals surface area contributed by atoms with Gasteiger partial charge in [-0.1, -0.05) is 59.9 Å². The Balaban J connectivity index is 1.23. The second-order valence-electron chi connectivity index (χ2n) is 9.35. The molecular weight excluding hydrogens is 508 g/mol. The number of ether oxygens (including phenoxy) is 2. The molecule has 5 aromatic rings. The number of hydrogen-bond acceptors (Lipinski definition) is 6. The van der Waals surface area contributed by atoms with Crippen LogP contribution < -0.4 is 19.5 Å². The number of nitrogens with zero attached hydrogens (tertiary/aromatic N) is 3.